The van der Waals surface area contributed by atoms with Crippen molar-refractivity contribution in [2.75, 3.05) is 17.6 Å². The van der Waals surface area contributed by atoms with E-state index in [0.29, 0.717) is 5.69 Å². The van der Waals surface area contributed by atoms with Gasteiger partial charge < -0.3 is 11.1 Å². The van der Waals surface area contributed by atoms with Gasteiger partial charge in [0, 0.05) is 36.2 Å². The van der Waals surface area contributed by atoms with Gasteiger partial charge in [0.2, 0.25) is 0 Å². The summed E-state index contributed by atoms with van der Waals surface area (Å²) < 4.78 is 0. The zero-order chi connectivity index (χ0) is 13.8. The maximum Gasteiger partial charge on any atom is 0.0951 e. The number of nitrogen functional groups attached to an aromatic ring is 1. The first kappa shape index (κ1) is 12.4. The van der Waals surface area contributed by atoms with Gasteiger partial charge in [-0.3, -0.25) is 9.97 Å². The molecule has 3 rings (SSSR count). The van der Waals surface area contributed by atoms with Gasteiger partial charge in [-0.2, -0.15) is 0 Å². The molecule has 20 heavy (non-hydrogen) atoms. The third kappa shape index (κ3) is 2.54. The number of fused-ring (bicyclic) bond motifs is 1. The van der Waals surface area contributed by atoms with Gasteiger partial charge in [-0.25, -0.2) is 0 Å². The molecular weight excluding hydrogens is 248 g/mol. The lowest BCUT2D eigenvalue weighted by Crippen LogP contribution is -2.06. The van der Waals surface area contributed by atoms with Crippen molar-refractivity contribution in [2.24, 2.45) is 0 Å². The average Bonchev–Trinajstić information content (AvgIpc) is 2.51. The van der Waals surface area contributed by atoms with Crippen molar-refractivity contribution in [3.05, 3.63) is 60.6 Å². The Morgan fingerprint density at radius 3 is 2.70 bits per heavy atom. The fourth-order valence-electron chi connectivity index (χ4n) is 2.24. The molecule has 4 nitrogen and oxygen atoms in total. The largest absolute Gasteiger partial charge is 0.397 e. The van der Waals surface area contributed by atoms with Crippen LogP contribution in [-0.4, -0.2) is 16.5 Å². The van der Waals surface area contributed by atoms with Crippen molar-refractivity contribution in [1.82, 2.24) is 9.97 Å². The lowest BCUT2D eigenvalue weighted by atomic mass is 10.1. The second kappa shape index (κ2) is 5.57. The third-order valence-corrected chi connectivity index (χ3v) is 3.28. The van der Waals surface area contributed by atoms with Crippen molar-refractivity contribution in [1.29, 1.82) is 0 Å². The van der Waals surface area contributed by atoms with E-state index in [-0.39, 0.29) is 0 Å². The van der Waals surface area contributed by atoms with Crippen LogP contribution >= 0.6 is 0 Å². The summed E-state index contributed by atoms with van der Waals surface area (Å²) in [6, 6.07) is 11.9. The number of hydrogen-bond donors (Lipinski definition) is 2. The molecule has 0 amide bonds. The molecule has 0 bridgehead atoms. The number of nitrogens with one attached hydrogen (secondary N) is 1. The minimum absolute atomic E-state index is 0.709. The van der Waals surface area contributed by atoms with Crippen LogP contribution in [0.4, 0.5) is 11.4 Å². The van der Waals surface area contributed by atoms with E-state index in [1.54, 1.807) is 6.20 Å². The monoisotopic (exact) mass is 264 g/mol. The molecule has 0 aliphatic heterocycles. The minimum Gasteiger partial charge on any atom is -0.397 e. The molecule has 0 saturated carbocycles. The Morgan fingerprint density at radius 1 is 1.00 bits per heavy atom. The van der Waals surface area contributed by atoms with E-state index < -0.39 is 0 Å². The Hall–Kier alpha value is -2.62. The van der Waals surface area contributed by atoms with Gasteiger partial charge in [-0.1, -0.05) is 0 Å². The number of benzene rings is 1. The van der Waals surface area contributed by atoms with Crippen LogP contribution in [0.1, 0.15) is 5.56 Å². The molecule has 2 aromatic heterocycles. The molecule has 3 N–H and O–H groups in total. The molecule has 3 aromatic rings. The lowest BCUT2D eigenvalue weighted by Gasteiger charge is -2.10. The number of pyridine rings is 2. The highest BCUT2D eigenvalue weighted by atomic mass is 14.9. The van der Waals surface area contributed by atoms with E-state index in [1.807, 2.05) is 48.8 Å². The summed E-state index contributed by atoms with van der Waals surface area (Å²) in [6.45, 7) is 0.859. The number of nitrogens with two attached hydrogens (primary N) is 1. The molecule has 0 saturated heterocycles. The summed E-state index contributed by atoms with van der Waals surface area (Å²) in [7, 11) is 0. The first-order chi connectivity index (χ1) is 9.84. The summed E-state index contributed by atoms with van der Waals surface area (Å²) in [5.41, 5.74) is 9.84. The van der Waals surface area contributed by atoms with Gasteiger partial charge in [0.25, 0.3) is 0 Å². The summed E-state index contributed by atoms with van der Waals surface area (Å²) in [5.74, 6) is 0. The molecule has 2 heterocycles. The van der Waals surface area contributed by atoms with Crippen LogP contribution in [0.15, 0.2) is 55.0 Å². The van der Waals surface area contributed by atoms with Crippen molar-refractivity contribution in [3.8, 4) is 0 Å². The number of anilines is 2. The minimum atomic E-state index is 0.709. The first-order valence-electron chi connectivity index (χ1n) is 6.60. The predicted octanol–water partition coefficient (Wildman–Crippen LogP) is 2.87. The SMILES string of the molecule is Nc1ccc(NCCc2ccncc2)c2cccnc12. The summed E-state index contributed by atoms with van der Waals surface area (Å²) in [5, 5.41) is 4.51. The lowest BCUT2D eigenvalue weighted by molar-refractivity contribution is 1.01. The van der Waals surface area contributed by atoms with Crippen molar-refractivity contribution < 1.29 is 0 Å². The molecule has 1 aromatic carbocycles. The summed E-state index contributed by atoms with van der Waals surface area (Å²) in [4.78, 5) is 8.35. The van der Waals surface area contributed by atoms with Crippen LogP contribution in [-0.2, 0) is 6.42 Å². The average molecular weight is 264 g/mol. The van der Waals surface area contributed by atoms with Gasteiger partial charge in [-0.15, -0.1) is 0 Å². The normalized spacial score (nSPS) is 10.6. The molecule has 0 atom stereocenters. The Morgan fingerprint density at radius 2 is 1.85 bits per heavy atom. The number of aromatic nitrogens is 2. The van der Waals surface area contributed by atoms with E-state index in [1.165, 1.54) is 5.56 Å². The highest BCUT2D eigenvalue weighted by Gasteiger charge is 2.04. The first-order valence-corrected chi connectivity index (χ1v) is 6.60. The van der Waals surface area contributed by atoms with Crippen LogP contribution in [0.2, 0.25) is 0 Å². The summed E-state index contributed by atoms with van der Waals surface area (Å²) in [6.07, 6.45) is 6.35. The van der Waals surface area contributed by atoms with Gasteiger partial charge >= 0.3 is 0 Å². The second-order valence-corrected chi connectivity index (χ2v) is 4.63. The van der Waals surface area contributed by atoms with Gasteiger partial charge in [0.1, 0.15) is 0 Å². The molecule has 0 radical (unpaired) electrons. The highest BCUT2D eigenvalue weighted by molar-refractivity contribution is 5.98. The van der Waals surface area contributed by atoms with E-state index in [9.17, 15) is 0 Å². The number of hydrogen-bond acceptors (Lipinski definition) is 4. The zero-order valence-corrected chi connectivity index (χ0v) is 11.1. The van der Waals surface area contributed by atoms with E-state index in [4.69, 9.17) is 5.73 Å². The van der Waals surface area contributed by atoms with Crippen molar-refractivity contribution in [3.63, 3.8) is 0 Å². The van der Waals surface area contributed by atoms with Crippen LogP contribution < -0.4 is 11.1 Å². The molecule has 100 valence electrons. The Balaban J connectivity index is 1.77. The fourth-order valence-corrected chi connectivity index (χ4v) is 2.24. The van der Waals surface area contributed by atoms with E-state index >= 15 is 0 Å². The zero-order valence-electron chi connectivity index (χ0n) is 11.1. The van der Waals surface area contributed by atoms with Gasteiger partial charge in [0.15, 0.2) is 0 Å². The molecule has 0 spiro atoms. The Labute approximate surface area is 117 Å². The van der Waals surface area contributed by atoms with E-state index in [2.05, 4.69) is 15.3 Å². The molecule has 0 unspecified atom stereocenters. The number of rotatable bonds is 4. The second-order valence-electron chi connectivity index (χ2n) is 4.63. The predicted molar refractivity (Wildman–Crippen MR) is 82.6 cm³/mol. The van der Waals surface area contributed by atoms with Crippen molar-refractivity contribution in [2.45, 2.75) is 6.42 Å². The summed E-state index contributed by atoms with van der Waals surface area (Å²) >= 11 is 0. The molecule has 0 fully saturated rings. The smallest absolute Gasteiger partial charge is 0.0951 e. The standard InChI is InChI=1S/C16H16N4/c17-14-3-4-15(13-2-1-8-20-16(13)14)19-11-7-12-5-9-18-10-6-12/h1-6,8-10,19H,7,11,17H2. The van der Waals surface area contributed by atoms with Crippen LogP contribution in [0.25, 0.3) is 10.9 Å². The quantitative estimate of drug-likeness (QED) is 0.711. The van der Waals surface area contributed by atoms with Crippen LogP contribution in [0.5, 0.6) is 0 Å². The molecular formula is C16H16N4. The highest BCUT2D eigenvalue weighted by Crippen LogP contribution is 2.26. The van der Waals surface area contributed by atoms with Crippen LogP contribution in [0.3, 0.4) is 0 Å². The van der Waals surface area contributed by atoms with Crippen LogP contribution in [0, 0.1) is 0 Å². The third-order valence-electron chi connectivity index (χ3n) is 3.28. The maximum atomic E-state index is 5.95. The van der Waals surface area contributed by atoms with Gasteiger partial charge in [0.05, 0.1) is 11.2 Å². The maximum absolute atomic E-state index is 5.95. The topological polar surface area (TPSA) is 63.8 Å². The fraction of sp³-hybridized carbons (Fsp3) is 0.125. The Bertz CT molecular complexity index is 710. The van der Waals surface area contributed by atoms with E-state index in [0.717, 1.165) is 29.6 Å². The Kier molecular flexibility index (Phi) is 3.46. The molecule has 4 heteroatoms. The van der Waals surface area contributed by atoms with Gasteiger partial charge in [-0.05, 0) is 48.4 Å². The van der Waals surface area contributed by atoms with Crippen molar-refractivity contribution >= 4 is 22.3 Å². The molecule has 0 aliphatic rings. The molecule has 0 aliphatic carbocycles. The number of nitrogens with zero attached hydrogens (tertiary/aromatic N) is 2.